The van der Waals surface area contributed by atoms with Gasteiger partial charge in [-0.1, -0.05) is 40.2 Å². The van der Waals surface area contributed by atoms with Gasteiger partial charge in [-0.05, 0) is 41.7 Å². The van der Waals surface area contributed by atoms with Crippen molar-refractivity contribution in [1.82, 2.24) is 24.6 Å². The summed E-state index contributed by atoms with van der Waals surface area (Å²) < 4.78 is 16.0. The minimum Gasteiger partial charge on any atom is -0.336 e. The highest BCUT2D eigenvalue weighted by molar-refractivity contribution is 5.75. The van der Waals surface area contributed by atoms with Crippen LogP contribution in [0.15, 0.2) is 48.9 Å². The van der Waals surface area contributed by atoms with Crippen molar-refractivity contribution in [3.8, 4) is 11.5 Å². The lowest BCUT2D eigenvalue weighted by Crippen LogP contribution is -2.09. The van der Waals surface area contributed by atoms with E-state index in [1.165, 1.54) is 6.20 Å². The summed E-state index contributed by atoms with van der Waals surface area (Å²) in [5.41, 5.74) is 3.81. The number of pyridine rings is 2. The number of fused-ring (bicyclic) bond motifs is 1. The van der Waals surface area contributed by atoms with Crippen LogP contribution in [-0.2, 0) is 11.8 Å². The van der Waals surface area contributed by atoms with Crippen molar-refractivity contribution < 1.29 is 4.39 Å². The second-order valence-corrected chi connectivity index (χ2v) is 8.34. The first-order valence-corrected chi connectivity index (χ1v) is 10.1. The Morgan fingerprint density at radius 2 is 1.97 bits per heavy atom. The van der Waals surface area contributed by atoms with Crippen molar-refractivity contribution in [2.75, 3.05) is 5.32 Å². The van der Waals surface area contributed by atoms with E-state index in [1.54, 1.807) is 16.8 Å². The summed E-state index contributed by atoms with van der Waals surface area (Å²) in [6.07, 6.45) is 6.61. The van der Waals surface area contributed by atoms with Gasteiger partial charge in [0.05, 0.1) is 11.9 Å². The van der Waals surface area contributed by atoms with E-state index in [4.69, 9.17) is 15.1 Å². The van der Waals surface area contributed by atoms with Crippen LogP contribution in [0.25, 0.3) is 17.0 Å². The van der Waals surface area contributed by atoms with Gasteiger partial charge in [0.2, 0.25) is 5.82 Å². The zero-order chi connectivity index (χ0) is 21.3. The molecule has 7 heteroatoms. The van der Waals surface area contributed by atoms with Crippen molar-refractivity contribution in [3.05, 3.63) is 66.0 Å². The number of hydrogen-bond donors (Lipinski definition) is 1. The fraction of sp³-hybridized carbons (Fsp3) is 0.304. The number of aryl methyl sites for hydroxylation is 1. The van der Waals surface area contributed by atoms with Crippen LogP contribution in [-0.4, -0.2) is 24.6 Å². The van der Waals surface area contributed by atoms with E-state index >= 15 is 0 Å². The first-order chi connectivity index (χ1) is 14.3. The van der Waals surface area contributed by atoms with Gasteiger partial charge in [-0.2, -0.15) is 0 Å². The SMILES string of the molecule is CCCc1cccc(-c2nc(Nc3ccncc3F)c3cc(C(C)(C)C)cn3n2)n1. The number of anilines is 2. The number of aromatic nitrogens is 5. The van der Waals surface area contributed by atoms with Crippen molar-refractivity contribution in [3.63, 3.8) is 0 Å². The van der Waals surface area contributed by atoms with Crippen LogP contribution >= 0.6 is 0 Å². The molecule has 0 aliphatic carbocycles. The average Bonchev–Trinajstić information content (AvgIpc) is 3.15. The zero-order valence-corrected chi connectivity index (χ0v) is 17.6. The molecule has 0 unspecified atom stereocenters. The molecule has 30 heavy (non-hydrogen) atoms. The molecule has 4 aromatic heterocycles. The van der Waals surface area contributed by atoms with E-state index in [0.717, 1.165) is 29.6 Å². The van der Waals surface area contributed by atoms with Crippen molar-refractivity contribution in [1.29, 1.82) is 0 Å². The summed E-state index contributed by atoms with van der Waals surface area (Å²) in [6.45, 7) is 8.54. The molecule has 0 bridgehead atoms. The number of nitrogens with one attached hydrogen (secondary N) is 1. The lowest BCUT2D eigenvalue weighted by molar-refractivity contribution is 0.589. The van der Waals surface area contributed by atoms with E-state index in [-0.39, 0.29) is 5.41 Å². The molecule has 0 spiro atoms. The Morgan fingerprint density at radius 3 is 2.70 bits per heavy atom. The summed E-state index contributed by atoms with van der Waals surface area (Å²) in [6, 6.07) is 9.48. The molecule has 0 aromatic carbocycles. The highest BCUT2D eigenvalue weighted by Crippen LogP contribution is 2.30. The molecule has 0 fully saturated rings. The van der Waals surface area contributed by atoms with E-state index < -0.39 is 5.82 Å². The molecule has 0 aliphatic rings. The van der Waals surface area contributed by atoms with Crippen molar-refractivity contribution >= 4 is 17.0 Å². The van der Waals surface area contributed by atoms with Crippen LogP contribution in [0.2, 0.25) is 0 Å². The Morgan fingerprint density at radius 1 is 1.13 bits per heavy atom. The molecule has 0 aliphatic heterocycles. The molecule has 4 rings (SSSR count). The maximum Gasteiger partial charge on any atom is 0.200 e. The molecule has 0 saturated carbocycles. The highest BCUT2D eigenvalue weighted by Gasteiger charge is 2.20. The standard InChI is InChI=1S/C23H25FN6/c1-5-7-16-8-6-9-19(26-16)21-28-22(27-18-10-11-25-13-17(18)24)20-12-15(23(2,3)4)14-30(20)29-21/h6,8-14H,5,7H2,1-4H3,(H,25,27,28,29). The number of hydrogen-bond acceptors (Lipinski definition) is 5. The number of rotatable bonds is 5. The summed E-state index contributed by atoms with van der Waals surface area (Å²) in [4.78, 5) is 13.2. The lowest BCUT2D eigenvalue weighted by Gasteiger charge is -2.15. The second kappa shape index (κ2) is 7.82. The minimum absolute atomic E-state index is 0.0632. The Labute approximate surface area is 175 Å². The Balaban J connectivity index is 1.88. The highest BCUT2D eigenvalue weighted by atomic mass is 19.1. The third-order valence-electron chi connectivity index (χ3n) is 4.90. The molecule has 154 valence electrons. The van der Waals surface area contributed by atoms with Gasteiger partial charge >= 0.3 is 0 Å². The van der Waals surface area contributed by atoms with Gasteiger partial charge in [0, 0.05) is 18.1 Å². The Hall–Kier alpha value is -3.35. The van der Waals surface area contributed by atoms with Gasteiger partial charge in [0.25, 0.3) is 0 Å². The second-order valence-electron chi connectivity index (χ2n) is 8.34. The van der Waals surface area contributed by atoms with Crippen LogP contribution in [0.1, 0.15) is 45.4 Å². The molecular weight excluding hydrogens is 379 g/mol. The molecule has 0 radical (unpaired) electrons. The first kappa shape index (κ1) is 19.9. The van der Waals surface area contributed by atoms with Crippen LogP contribution in [0.4, 0.5) is 15.9 Å². The molecule has 1 N–H and O–H groups in total. The van der Waals surface area contributed by atoms with Gasteiger partial charge < -0.3 is 5.32 Å². The van der Waals surface area contributed by atoms with Crippen molar-refractivity contribution in [2.45, 2.75) is 46.0 Å². The predicted molar refractivity (Wildman–Crippen MR) is 116 cm³/mol. The Bertz CT molecular complexity index is 1190. The van der Waals surface area contributed by atoms with E-state index in [0.29, 0.717) is 23.0 Å². The Kier molecular flexibility index (Phi) is 5.20. The van der Waals surface area contributed by atoms with Gasteiger partial charge in [-0.25, -0.2) is 18.9 Å². The normalized spacial score (nSPS) is 11.8. The summed E-state index contributed by atoms with van der Waals surface area (Å²) in [7, 11) is 0. The fourth-order valence-electron chi connectivity index (χ4n) is 3.21. The largest absolute Gasteiger partial charge is 0.336 e. The zero-order valence-electron chi connectivity index (χ0n) is 17.6. The maximum absolute atomic E-state index is 14.2. The fourth-order valence-corrected chi connectivity index (χ4v) is 3.21. The van der Waals surface area contributed by atoms with Gasteiger partial charge in [-0.15, -0.1) is 5.10 Å². The van der Waals surface area contributed by atoms with Crippen LogP contribution in [0.3, 0.4) is 0 Å². The molecule has 0 amide bonds. The summed E-state index contributed by atoms with van der Waals surface area (Å²) in [5, 5.41) is 7.82. The molecular formula is C23H25FN6. The lowest BCUT2D eigenvalue weighted by atomic mass is 9.89. The quantitative estimate of drug-likeness (QED) is 0.488. The average molecular weight is 404 g/mol. The van der Waals surface area contributed by atoms with Crippen LogP contribution in [0.5, 0.6) is 0 Å². The third-order valence-corrected chi connectivity index (χ3v) is 4.90. The summed E-state index contributed by atoms with van der Waals surface area (Å²) in [5.74, 6) is 0.554. The smallest absolute Gasteiger partial charge is 0.200 e. The topological polar surface area (TPSA) is 68.0 Å². The molecule has 4 heterocycles. The molecule has 0 saturated heterocycles. The van der Waals surface area contributed by atoms with Gasteiger partial charge in [-0.3, -0.25) is 4.98 Å². The predicted octanol–water partition coefficient (Wildman–Crippen LogP) is 5.32. The molecule has 0 atom stereocenters. The van der Waals surface area contributed by atoms with Crippen LogP contribution < -0.4 is 5.32 Å². The maximum atomic E-state index is 14.2. The minimum atomic E-state index is -0.443. The molecule has 4 aromatic rings. The summed E-state index contributed by atoms with van der Waals surface area (Å²) >= 11 is 0. The van der Waals surface area contributed by atoms with Gasteiger partial charge in [0.1, 0.15) is 11.2 Å². The van der Waals surface area contributed by atoms with E-state index in [1.807, 2.05) is 30.5 Å². The number of nitrogens with zero attached hydrogens (tertiary/aromatic N) is 5. The number of halogens is 1. The van der Waals surface area contributed by atoms with E-state index in [9.17, 15) is 4.39 Å². The third kappa shape index (κ3) is 4.01. The van der Waals surface area contributed by atoms with Crippen molar-refractivity contribution in [2.24, 2.45) is 0 Å². The monoisotopic (exact) mass is 404 g/mol. The van der Waals surface area contributed by atoms with Crippen LogP contribution in [0, 0.1) is 5.82 Å². The first-order valence-electron chi connectivity index (χ1n) is 10.1. The van der Waals surface area contributed by atoms with E-state index in [2.05, 4.69) is 38.0 Å². The van der Waals surface area contributed by atoms with Gasteiger partial charge in [0.15, 0.2) is 11.6 Å². The molecule has 6 nitrogen and oxygen atoms in total.